The van der Waals surface area contributed by atoms with Gasteiger partial charge in [0, 0.05) is 25.6 Å². The molecule has 134 valence electrons. The van der Waals surface area contributed by atoms with Crippen LogP contribution in [0.1, 0.15) is 58.8 Å². The first-order valence-corrected chi connectivity index (χ1v) is 8.78. The predicted molar refractivity (Wildman–Crippen MR) is 94.4 cm³/mol. The van der Waals surface area contributed by atoms with Crippen LogP contribution >= 0.6 is 12.4 Å². The highest BCUT2D eigenvalue weighted by atomic mass is 35.5. The Morgan fingerprint density at radius 3 is 2.48 bits per heavy atom. The second-order valence-electron chi connectivity index (χ2n) is 7.38. The molecule has 1 atom stereocenters. The molecule has 0 aromatic carbocycles. The quantitative estimate of drug-likeness (QED) is 0.819. The molecule has 6 heteroatoms. The average molecular weight is 346 g/mol. The number of halogens is 1. The van der Waals surface area contributed by atoms with Gasteiger partial charge in [-0.25, -0.2) is 0 Å². The maximum absolute atomic E-state index is 12.8. The lowest BCUT2D eigenvalue weighted by molar-refractivity contribution is -0.140. The van der Waals surface area contributed by atoms with Crippen molar-refractivity contribution in [1.82, 2.24) is 10.2 Å². The van der Waals surface area contributed by atoms with Crippen LogP contribution < -0.4 is 11.1 Å². The molecule has 2 rings (SSSR count). The fourth-order valence-corrected chi connectivity index (χ4v) is 3.58. The summed E-state index contributed by atoms with van der Waals surface area (Å²) in [5.74, 6) is 0.585. The Bertz CT molecular complexity index is 409. The molecule has 2 aliphatic rings. The second kappa shape index (κ2) is 8.88. The first-order chi connectivity index (χ1) is 10.4. The predicted octanol–water partition coefficient (Wildman–Crippen LogP) is 2.08. The van der Waals surface area contributed by atoms with Gasteiger partial charge in [0.1, 0.15) is 0 Å². The third kappa shape index (κ3) is 5.35. The highest BCUT2D eigenvalue weighted by Gasteiger charge is 2.39. The lowest BCUT2D eigenvalue weighted by Gasteiger charge is -2.40. The summed E-state index contributed by atoms with van der Waals surface area (Å²) in [5.41, 5.74) is 5.74. The van der Waals surface area contributed by atoms with Gasteiger partial charge in [-0.2, -0.15) is 0 Å². The molecule has 1 saturated heterocycles. The van der Waals surface area contributed by atoms with Crippen molar-refractivity contribution in [2.75, 3.05) is 19.6 Å². The molecule has 1 saturated carbocycles. The van der Waals surface area contributed by atoms with E-state index in [0.717, 1.165) is 51.6 Å². The van der Waals surface area contributed by atoms with E-state index in [1.54, 1.807) is 0 Å². The van der Waals surface area contributed by atoms with Crippen LogP contribution in [-0.4, -0.2) is 41.9 Å². The summed E-state index contributed by atoms with van der Waals surface area (Å²) in [6.45, 7) is 6.00. The van der Waals surface area contributed by atoms with Crippen LogP contribution in [0, 0.1) is 11.8 Å². The summed E-state index contributed by atoms with van der Waals surface area (Å²) in [7, 11) is 0. The smallest absolute Gasteiger partial charge is 0.242 e. The third-order valence-corrected chi connectivity index (χ3v) is 5.07. The Labute approximate surface area is 146 Å². The lowest BCUT2D eigenvalue weighted by Crippen LogP contribution is -2.58. The number of nitrogens with two attached hydrogens (primary N) is 1. The Morgan fingerprint density at radius 1 is 1.22 bits per heavy atom. The van der Waals surface area contributed by atoms with Gasteiger partial charge in [0.15, 0.2) is 0 Å². The van der Waals surface area contributed by atoms with Gasteiger partial charge >= 0.3 is 0 Å². The summed E-state index contributed by atoms with van der Waals surface area (Å²) in [4.78, 5) is 26.4. The average Bonchev–Trinajstić information content (AvgIpc) is 2.52. The molecule has 2 amide bonds. The van der Waals surface area contributed by atoms with E-state index in [1.807, 2.05) is 18.7 Å². The van der Waals surface area contributed by atoms with E-state index in [0.29, 0.717) is 12.5 Å². The maximum Gasteiger partial charge on any atom is 0.242 e. The monoisotopic (exact) mass is 345 g/mol. The summed E-state index contributed by atoms with van der Waals surface area (Å²) in [6, 6.07) is 0. The van der Waals surface area contributed by atoms with Gasteiger partial charge in [-0.1, -0.05) is 33.1 Å². The highest BCUT2D eigenvalue weighted by molar-refractivity contribution is 5.86. The summed E-state index contributed by atoms with van der Waals surface area (Å²) >= 11 is 0. The molecule has 0 radical (unpaired) electrons. The van der Waals surface area contributed by atoms with Crippen molar-refractivity contribution in [2.24, 2.45) is 17.6 Å². The number of hydrogen-bond donors (Lipinski definition) is 2. The van der Waals surface area contributed by atoms with Gasteiger partial charge in [-0.05, 0) is 31.6 Å². The molecule has 0 aromatic heterocycles. The molecule has 0 aromatic rings. The normalized spacial score (nSPS) is 24.0. The minimum absolute atomic E-state index is 0. The first-order valence-electron chi connectivity index (χ1n) is 8.78. The maximum atomic E-state index is 12.8. The summed E-state index contributed by atoms with van der Waals surface area (Å²) in [6.07, 6.45) is 7.02. The van der Waals surface area contributed by atoms with Gasteiger partial charge < -0.3 is 16.0 Å². The van der Waals surface area contributed by atoms with Gasteiger partial charge in [0.25, 0.3) is 0 Å². The molecule has 5 nitrogen and oxygen atoms in total. The van der Waals surface area contributed by atoms with Crippen LogP contribution in [0.5, 0.6) is 0 Å². The Kier molecular flexibility index (Phi) is 7.81. The van der Waals surface area contributed by atoms with E-state index in [9.17, 15) is 9.59 Å². The number of carbonyl (C=O) groups excluding carboxylic acids is 2. The molecule has 0 bridgehead atoms. The van der Waals surface area contributed by atoms with Crippen LogP contribution in [0.15, 0.2) is 0 Å². The van der Waals surface area contributed by atoms with Gasteiger partial charge in [0.2, 0.25) is 11.8 Å². The minimum atomic E-state index is -0.638. The Morgan fingerprint density at radius 2 is 1.87 bits per heavy atom. The second-order valence-corrected chi connectivity index (χ2v) is 7.38. The van der Waals surface area contributed by atoms with Crippen molar-refractivity contribution in [2.45, 2.75) is 64.3 Å². The zero-order valence-corrected chi connectivity index (χ0v) is 15.3. The minimum Gasteiger partial charge on any atom is -0.356 e. The Balaban J connectivity index is 0.00000264. The van der Waals surface area contributed by atoms with Crippen LogP contribution in [0.2, 0.25) is 0 Å². The van der Waals surface area contributed by atoms with E-state index >= 15 is 0 Å². The fourth-order valence-electron chi connectivity index (χ4n) is 3.58. The molecule has 2 fully saturated rings. The van der Waals surface area contributed by atoms with Crippen LogP contribution in [0.3, 0.4) is 0 Å². The van der Waals surface area contributed by atoms with Gasteiger partial charge in [-0.15, -0.1) is 12.4 Å². The molecule has 1 aliphatic heterocycles. The van der Waals surface area contributed by atoms with E-state index in [4.69, 9.17) is 5.73 Å². The van der Waals surface area contributed by atoms with E-state index in [-0.39, 0.29) is 30.1 Å². The Hall–Kier alpha value is -0.810. The zero-order chi connectivity index (χ0) is 16.2. The molecule has 1 aliphatic carbocycles. The summed E-state index contributed by atoms with van der Waals surface area (Å²) in [5, 5.41) is 2.99. The number of nitrogens with one attached hydrogen (secondary N) is 1. The van der Waals surface area contributed by atoms with Gasteiger partial charge in [-0.3, -0.25) is 9.59 Å². The fraction of sp³-hybridized carbons (Fsp3) is 0.882. The molecule has 23 heavy (non-hydrogen) atoms. The number of rotatable bonds is 4. The van der Waals surface area contributed by atoms with Crippen LogP contribution in [-0.2, 0) is 9.59 Å². The standard InChI is InChI=1S/C17H31N3O2.ClH/c1-13(2)15(21)19-11-14-7-6-10-20(12-14)16(22)17(18)8-4-3-5-9-17;/h13-14H,3-12,18H2,1-2H3,(H,19,21);1H. The SMILES string of the molecule is CC(C)C(=O)NCC1CCCN(C(=O)C2(N)CCCCC2)C1.Cl. The van der Waals surface area contributed by atoms with Gasteiger partial charge in [0.05, 0.1) is 5.54 Å². The van der Waals surface area contributed by atoms with Crippen molar-refractivity contribution < 1.29 is 9.59 Å². The van der Waals surface area contributed by atoms with Crippen LogP contribution in [0.25, 0.3) is 0 Å². The van der Waals surface area contributed by atoms with E-state index < -0.39 is 5.54 Å². The van der Waals surface area contributed by atoms with Crippen LogP contribution in [0.4, 0.5) is 0 Å². The third-order valence-electron chi connectivity index (χ3n) is 5.07. The molecular weight excluding hydrogens is 314 g/mol. The van der Waals surface area contributed by atoms with Crippen molar-refractivity contribution in [1.29, 1.82) is 0 Å². The molecule has 3 N–H and O–H groups in total. The zero-order valence-electron chi connectivity index (χ0n) is 14.5. The largest absolute Gasteiger partial charge is 0.356 e. The van der Waals surface area contributed by atoms with Crippen molar-refractivity contribution in [3.63, 3.8) is 0 Å². The molecule has 1 heterocycles. The van der Waals surface area contributed by atoms with Crippen molar-refractivity contribution in [3.8, 4) is 0 Å². The number of piperidine rings is 1. The van der Waals surface area contributed by atoms with Crippen molar-refractivity contribution in [3.05, 3.63) is 0 Å². The summed E-state index contributed by atoms with van der Waals surface area (Å²) < 4.78 is 0. The van der Waals surface area contributed by atoms with E-state index in [1.165, 1.54) is 6.42 Å². The first kappa shape index (κ1) is 20.2. The molecular formula is C17H32ClN3O2. The van der Waals surface area contributed by atoms with Crippen molar-refractivity contribution >= 4 is 24.2 Å². The number of hydrogen-bond acceptors (Lipinski definition) is 3. The number of amides is 2. The molecule has 0 spiro atoms. The lowest BCUT2D eigenvalue weighted by atomic mass is 9.81. The molecule has 1 unspecified atom stereocenters. The number of carbonyl (C=O) groups is 2. The highest BCUT2D eigenvalue weighted by Crippen LogP contribution is 2.29. The topological polar surface area (TPSA) is 75.4 Å². The number of likely N-dealkylation sites (tertiary alicyclic amines) is 1. The van der Waals surface area contributed by atoms with E-state index in [2.05, 4.69) is 5.32 Å². The number of nitrogens with zero attached hydrogens (tertiary/aromatic N) is 1.